The number of nitrogens with zero attached hydrogens (tertiary/aromatic N) is 3. The second-order valence-electron chi connectivity index (χ2n) is 2.59. The summed E-state index contributed by atoms with van der Waals surface area (Å²) in [5, 5.41) is 0.610. The molecule has 0 aliphatic heterocycles. The van der Waals surface area contributed by atoms with Crippen LogP contribution in [0.25, 0.3) is 11.4 Å². The summed E-state index contributed by atoms with van der Waals surface area (Å²) in [6.45, 7) is 0. The molecule has 0 atom stereocenters. The molecule has 0 bridgehead atoms. The van der Waals surface area contributed by atoms with Crippen molar-refractivity contribution in [3.05, 3.63) is 40.3 Å². The van der Waals surface area contributed by atoms with Crippen LogP contribution in [-0.2, 0) is 0 Å². The molecule has 3 nitrogen and oxygen atoms in total. The fraction of sp³-hybridized carbons (Fsp3) is 0. The van der Waals surface area contributed by atoms with E-state index < -0.39 is 0 Å². The van der Waals surface area contributed by atoms with Gasteiger partial charge in [-0.1, -0.05) is 11.6 Å². The Kier molecular flexibility index (Phi) is 2.74. The van der Waals surface area contributed by atoms with Gasteiger partial charge >= 0.3 is 0 Å². The topological polar surface area (TPSA) is 38.7 Å². The van der Waals surface area contributed by atoms with E-state index in [4.69, 9.17) is 11.6 Å². The average molecular weight is 271 g/mol. The second-order valence-corrected chi connectivity index (χ2v) is 3.83. The van der Waals surface area contributed by atoms with Gasteiger partial charge in [-0.2, -0.15) is 0 Å². The van der Waals surface area contributed by atoms with Crippen LogP contribution in [0.2, 0.25) is 5.02 Å². The van der Waals surface area contributed by atoms with Crippen molar-refractivity contribution in [2.45, 2.75) is 0 Å². The molecule has 14 heavy (non-hydrogen) atoms. The van der Waals surface area contributed by atoms with Crippen molar-refractivity contribution in [1.29, 1.82) is 0 Å². The molecule has 2 aromatic rings. The Morgan fingerprint density at radius 1 is 0.929 bits per heavy atom. The highest BCUT2D eigenvalue weighted by Crippen LogP contribution is 2.16. The van der Waals surface area contributed by atoms with E-state index in [0.29, 0.717) is 9.63 Å². The highest BCUT2D eigenvalue weighted by Gasteiger charge is 2.00. The largest absolute Gasteiger partial charge is 0.253 e. The van der Waals surface area contributed by atoms with E-state index in [2.05, 4.69) is 30.9 Å². The minimum Gasteiger partial charge on any atom is -0.253 e. The van der Waals surface area contributed by atoms with E-state index in [1.807, 2.05) is 0 Å². The number of rotatable bonds is 1. The summed E-state index contributed by atoms with van der Waals surface area (Å²) >= 11 is 8.93. The lowest BCUT2D eigenvalue weighted by Crippen LogP contribution is -1.88. The minimum atomic E-state index is 0.610. The van der Waals surface area contributed by atoms with Crippen molar-refractivity contribution >= 4 is 27.5 Å². The van der Waals surface area contributed by atoms with Gasteiger partial charge < -0.3 is 0 Å². The Hall–Kier alpha value is -1.00. The van der Waals surface area contributed by atoms with Gasteiger partial charge in [0.25, 0.3) is 0 Å². The number of hydrogen-bond donors (Lipinski definition) is 0. The first-order valence-corrected chi connectivity index (χ1v) is 5.02. The third-order valence-electron chi connectivity index (χ3n) is 1.61. The summed E-state index contributed by atoms with van der Waals surface area (Å²) in [6, 6.07) is 3.58. The highest BCUT2D eigenvalue weighted by atomic mass is 79.9. The number of hydrogen-bond acceptors (Lipinski definition) is 3. The van der Waals surface area contributed by atoms with Gasteiger partial charge in [-0.25, -0.2) is 4.98 Å². The quantitative estimate of drug-likeness (QED) is 0.800. The van der Waals surface area contributed by atoms with Crippen LogP contribution in [-0.4, -0.2) is 15.0 Å². The zero-order chi connectivity index (χ0) is 9.97. The molecule has 0 N–H and O–H groups in total. The summed E-state index contributed by atoms with van der Waals surface area (Å²) in [5.41, 5.74) is 1.49. The molecule has 0 radical (unpaired) electrons. The Bertz CT molecular complexity index is 383. The molecule has 2 aromatic heterocycles. The SMILES string of the molecule is Clc1ccc(-c2cnc(Br)cn2)nc1. The zero-order valence-corrected chi connectivity index (χ0v) is 9.33. The van der Waals surface area contributed by atoms with Gasteiger partial charge in [-0.3, -0.25) is 9.97 Å². The lowest BCUT2D eigenvalue weighted by atomic mass is 10.3. The molecule has 5 heteroatoms. The van der Waals surface area contributed by atoms with Crippen LogP contribution in [0.1, 0.15) is 0 Å². The molecule has 0 fully saturated rings. The molecular formula is C9H5BrClN3. The fourth-order valence-electron chi connectivity index (χ4n) is 0.972. The molecule has 2 heterocycles. The number of pyridine rings is 1. The molecule has 0 aliphatic carbocycles. The second kappa shape index (κ2) is 4.02. The first-order valence-electron chi connectivity index (χ1n) is 3.85. The van der Waals surface area contributed by atoms with Crippen LogP contribution in [0.4, 0.5) is 0 Å². The van der Waals surface area contributed by atoms with Gasteiger partial charge in [0.05, 0.1) is 23.1 Å². The molecular weight excluding hydrogens is 265 g/mol. The number of halogens is 2. The maximum absolute atomic E-state index is 5.72. The van der Waals surface area contributed by atoms with Gasteiger partial charge in [0.15, 0.2) is 0 Å². The van der Waals surface area contributed by atoms with Crippen molar-refractivity contribution in [1.82, 2.24) is 15.0 Å². The highest BCUT2D eigenvalue weighted by molar-refractivity contribution is 9.10. The molecule has 0 unspecified atom stereocenters. The first-order chi connectivity index (χ1) is 6.75. The Morgan fingerprint density at radius 2 is 1.71 bits per heavy atom. The van der Waals surface area contributed by atoms with E-state index in [1.165, 1.54) is 0 Å². The molecule has 0 saturated heterocycles. The summed E-state index contributed by atoms with van der Waals surface area (Å²) in [5.74, 6) is 0. The lowest BCUT2D eigenvalue weighted by molar-refractivity contribution is 1.15. The Morgan fingerprint density at radius 3 is 2.29 bits per heavy atom. The van der Waals surface area contributed by atoms with Crippen molar-refractivity contribution < 1.29 is 0 Å². The molecule has 70 valence electrons. The van der Waals surface area contributed by atoms with E-state index >= 15 is 0 Å². The predicted octanol–water partition coefficient (Wildman–Crippen LogP) is 2.95. The van der Waals surface area contributed by atoms with Crippen molar-refractivity contribution in [3.63, 3.8) is 0 Å². The van der Waals surface area contributed by atoms with Gasteiger partial charge in [0.2, 0.25) is 0 Å². The van der Waals surface area contributed by atoms with Crippen LogP contribution < -0.4 is 0 Å². The van der Waals surface area contributed by atoms with E-state index in [0.717, 1.165) is 11.4 Å². The zero-order valence-electron chi connectivity index (χ0n) is 6.98. The fourth-order valence-corrected chi connectivity index (χ4v) is 1.29. The molecule has 0 spiro atoms. The molecule has 2 rings (SSSR count). The maximum Gasteiger partial charge on any atom is 0.124 e. The molecule has 0 aliphatic rings. The van der Waals surface area contributed by atoms with Gasteiger partial charge in [-0.15, -0.1) is 0 Å². The normalized spacial score (nSPS) is 10.1. The van der Waals surface area contributed by atoms with Gasteiger partial charge in [0, 0.05) is 6.20 Å². The van der Waals surface area contributed by atoms with Crippen molar-refractivity contribution in [2.75, 3.05) is 0 Å². The third-order valence-corrected chi connectivity index (χ3v) is 2.24. The van der Waals surface area contributed by atoms with E-state index in [9.17, 15) is 0 Å². The van der Waals surface area contributed by atoms with Gasteiger partial charge in [-0.05, 0) is 28.1 Å². The Labute approximate surface area is 94.3 Å². The van der Waals surface area contributed by atoms with Crippen molar-refractivity contribution in [3.8, 4) is 11.4 Å². The number of aromatic nitrogens is 3. The van der Waals surface area contributed by atoms with Crippen LogP contribution in [0.5, 0.6) is 0 Å². The predicted molar refractivity (Wildman–Crippen MR) is 58.0 cm³/mol. The van der Waals surface area contributed by atoms with Gasteiger partial charge in [0.1, 0.15) is 10.3 Å². The lowest BCUT2D eigenvalue weighted by Gasteiger charge is -1.98. The van der Waals surface area contributed by atoms with Crippen LogP contribution in [0, 0.1) is 0 Å². The average Bonchev–Trinajstić information content (AvgIpc) is 2.21. The minimum absolute atomic E-state index is 0.610. The van der Waals surface area contributed by atoms with E-state index in [1.54, 1.807) is 30.7 Å². The monoisotopic (exact) mass is 269 g/mol. The molecule has 0 amide bonds. The Balaban J connectivity index is 2.40. The van der Waals surface area contributed by atoms with Crippen LogP contribution >= 0.6 is 27.5 Å². The molecule has 0 aromatic carbocycles. The molecule has 0 saturated carbocycles. The first kappa shape index (κ1) is 9.55. The van der Waals surface area contributed by atoms with Crippen LogP contribution in [0.15, 0.2) is 35.3 Å². The standard InChI is InChI=1S/C9H5BrClN3/c10-9-5-13-8(4-14-9)7-2-1-6(11)3-12-7/h1-5H. The third kappa shape index (κ3) is 2.08. The summed E-state index contributed by atoms with van der Waals surface area (Å²) in [4.78, 5) is 12.4. The van der Waals surface area contributed by atoms with Crippen molar-refractivity contribution in [2.24, 2.45) is 0 Å². The smallest absolute Gasteiger partial charge is 0.124 e. The maximum atomic E-state index is 5.72. The van der Waals surface area contributed by atoms with Crippen LogP contribution in [0.3, 0.4) is 0 Å². The summed E-state index contributed by atoms with van der Waals surface area (Å²) < 4.78 is 0.704. The summed E-state index contributed by atoms with van der Waals surface area (Å²) in [7, 11) is 0. The summed E-state index contributed by atoms with van der Waals surface area (Å²) in [6.07, 6.45) is 4.87. The van der Waals surface area contributed by atoms with E-state index in [-0.39, 0.29) is 0 Å².